The van der Waals surface area contributed by atoms with E-state index in [4.69, 9.17) is 23.7 Å². The number of hydrogen-bond donors (Lipinski definition) is 1. The summed E-state index contributed by atoms with van der Waals surface area (Å²) in [5, 5.41) is 2.65. The summed E-state index contributed by atoms with van der Waals surface area (Å²) in [6.07, 6.45) is -4.47. The first-order chi connectivity index (χ1) is 14.6. The minimum Gasteiger partial charge on any atom is -0.463 e. The van der Waals surface area contributed by atoms with E-state index >= 15 is 0 Å². The van der Waals surface area contributed by atoms with Crippen LogP contribution in [0.5, 0.6) is 5.75 Å². The number of benzene rings is 1. The zero-order valence-electron chi connectivity index (χ0n) is 18.1. The molecule has 1 amide bonds. The lowest BCUT2D eigenvalue weighted by molar-refractivity contribution is -0.257. The van der Waals surface area contributed by atoms with Gasteiger partial charge in [0.1, 0.15) is 24.5 Å². The zero-order valence-corrected chi connectivity index (χ0v) is 18.1. The van der Waals surface area contributed by atoms with Crippen molar-refractivity contribution in [3.05, 3.63) is 29.8 Å². The smallest absolute Gasteiger partial charge is 0.303 e. The van der Waals surface area contributed by atoms with Crippen LogP contribution in [-0.4, -0.2) is 61.1 Å². The molecular formula is C21H27NO9. The van der Waals surface area contributed by atoms with Crippen molar-refractivity contribution >= 4 is 23.8 Å². The number of nitrogens with one attached hydrogen (secondary N) is 1. The Bertz CT molecular complexity index is 825. The molecule has 0 saturated carbocycles. The van der Waals surface area contributed by atoms with Gasteiger partial charge in [-0.2, -0.15) is 0 Å². The first-order valence-corrected chi connectivity index (χ1v) is 9.70. The monoisotopic (exact) mass is 437 g/mol. The van der Waals surface area contributed by atoms with Crippen molar-refractivity contribution in [3.63, 3.8) is 0 Å². The van der Waals surface area contributed by atoms with E-state index in [0.29, 0.717) is 5.75 Å². The summed E-state index contributed by atoms with van der Waals surface area (Å²) in [5.41, 5.74) is 0.926. The number of carbonyl (C=O) groups excluding carboxylic acids is 4. The quantitative estimate of drug-likeness (QED) is 0.491. The number of carbonyl (C=O) groups is 4. The highest BCUT2D eigenvalue weighted by Crippen LogP contribution is 2.29. The fraction of sp³-hybridized carbons (Fsp3) is 0.524. The van der Waals surface area contributed by atoms with Crippen molar-refractivity contribution in [2.75, 3.05) is 6.61 Å². The Morgan fingerprint density at radius 3 is 2.16 bits per heavy atom. The first kappa shape index (κ1) is 24.1. The molecule has 0 aromatic heterocycles. The maximum Gasteiger partial charge on any atom is 0.303 e. The predicted octanol–water partition coefficient (Wildman–Crippen LogP) is 1.03. The molecule has 0 aliphatic carbocycles. The summed E-state index contributed by atoms with van der Waals surface area (Å²) in [5.74, 6) is -1.91. The lowest BCUT2D eigenvalue weighted by Gasteiger charge is -2.44. The van der Waals surface area contributed by atoms with Crippen LogP contribution in [0.4, 0.5) is 0 Å². The Balaban J connectivity index is 2.44. The fourth-order valence-electron chi connectivity index (χ4n) is 3.21. The van der Waals surface area contributed by atoms with Gasteiger partial charge in [0.05, 0.1) is 0 Å². The van der Waals surface area contributed by atoms with Crippen LogP contribution in [0.3, 0.4) is 0 Å². The molecular weight excluding hydrogens is 410 g/mol. The van der Waals surface area contributed by atoms with Crippen LogP contribution in [0, 0.1) is 6.92 Å². The highest BCUT2D eigenvalue weighted by atomic mass is 16.7. The second kappa shape index (κ2) is 10.8. The second-order valence-corrected chi connectivity index (χ2v) is 7.15. The molecule has 0 unspecified atom stereocenters. The Kier molecular flexibility index (Phi) is 8.38. The van der Waals surface area contributed by atoms with Gasteiger partial charge in [-0.1, -0.05) is 12.1 Å². The third kappa shape index (κ3) is 7.25. The van der Waals surface area contributed by atoms with Crippen LogP contribution in [0.15, 0.2) is 24.3 Å². The highest BCUT2D eigenvalue weighted by molar-refractivity contribution is 5.73. The molecule has 0 radical (unpaired) electrons. The Hall–Kier alpha value is -3.14. The van der Waals surface area contributed by atoms with Gasteiger partial charge in [-0.15, -0.1) is 0 Å². The van der Waals surface area contributed by atoms with Crippen molar-refractivity contribution < 1.29 is 42.9 Å². The van der Waals surface area contributed by atoms with Crippen molar-refractivity contribution in [3.8, 4) is 5.75 Å². The largest absolute Gasteiger partial charge is 0.463 e. The maximum absolute atomic E-state index is 11.9. The van der Waals surface area contributed by atoms with E-state index in [0.717, 1.165) is 5.56 Å². The molecule has 1 heterocycles. The number of aryl methyl sites for hydroxylation is 1. The van der Waals surface area contributed by atoms with Gasteiger partial charge in [0.15, 0.2) is 12.2 Å². The molecule has 1 N–H and O–H groups in total. The van der Waals surface area contributed by atoms with Crippen LogP contribution in [0.2, 0.25) is 0 Å². The number of amides is 1. The van der Waals surface area contributed by atoms with E-state index in [-0.39, 0.29) is 6.61 Å². The Morgan fingerprint density at radius 1 is 0.968 bits per heavy atom. The predicted molar refractivity (Wildman–Crippen MR) is 106 cm³/mol. The number of rotatable bonds is 7. The van der Waals surface area contributed by atoms with E-state index in [1.807, 2.05) is 13.0 Å². The van der Waals surface area contributed by atoms with E-state index in [9.17, 15) is 19.2 Å². The van der Waals surface area contributed by atoms with Crippen molar-refractivity contribution in [2.24, 2.45) is 0 Å². The molecule has 31 heavy (non-hydrogen) atoms. The van der Waals surface area contributed by atoms with Gasteiger partial charge in [-0.05, 0) is 24.6 Å². The van der Waals surface area contributed by atoms with E-state index in [1.54, 1.807) is 18.2 Å². The molecule has 1 fully saturated rings. The van der Waals surface area contributed by atoms with Crippen LogP contribution < -0.4 is 10.1 Å². The molecule has 0 bridgehead atoms. The lowest BCUT2D eigenvalue weighted by Crippen LogP contribution is -2.67. The summed E-state index contributed by atoms with van der Waals surface area (Å²) in [6.45, 7) is 6.45. The normalized spacial score (nSPS) is 25.1. The zero-order chi connectivity index (χ0) is 23.1. The van der Waals surface area contributed by atoms with Crippen LogP contribution in [0.1, 0.15) is 33.3 Å². The molecule has 10 heteroatoms. The number of hydrogen-bond acceptors (Lipinski definition) is 9. The number of ether oxygens (including phenoxy) is 5. The average molecular weight is 437 g/mol. The summed E-state index contributed by atoms with van der Waals surface area (Å²) in [6, 6.07) is 6.10. The summed E-state index contributed by atoms with van der Waals surface area (Å²) < 4.78 is 27.7. The number of esters is 3. The van der Waals surface area contributed by atoms with Gasteiger partial charge < -0.3 is 29.0 Å². The first-order valence-electron chi connectivity index (χ1n) is 9.70. The summed E-state index contributed by atoms with van der Waals surface area (Å²) in [7, 11) is 0. The topological polar surface area (TPSA) is 126 Å². The van der Waals surface area contributed by atoms with Gasteiger partial charge in [0, 0.05) is 27.7 Å². The third-order valence-corrected chi connectivity index (χ3v) is 4.31. The average Bonchev–Trinajstić information content (AvgIpc) is 2.64. The molecule has 1 saturated heterocycles. The van der Waals surface area contributed by atoms with E-state index in [2.05, 4.69) is 5.32 Å². The van der Waals surface area contributed by atoms with Gasteiger partial charge in [-0.3, -0.25) is 19.2 Å². The summed E-state index contributed by atoms with van der Waals surface area (Å²) in [4.78, 5) is 46.8. The van der Waals surface area contributed by atoms with Gasteiger partial charge in [0.2, 0.25) is 12.2 Å². The van der Waals surface area contributed by atoms with Crippen LogP contribution in [0.25, 0.3) is 0 Å². The highest BCUT2D eigenvalue weighted by Gasteiger charge is 2.51. The van der Waals surface area contributed by atoms with Crippen molar-refractivity contribution in [1.82, 2.24) is 5.32 Å². The minimum atomic E-state index is -1.16. The van der Waals surface area contributed by atoms with Crippen molar-refractivity contribution in [1.29, 1.82) is 0 Å². The second-order valence-electron chi connectivity index (χ2n) is 7.15. The Labute approximate surface area is 180 Å². The molecule has 1 aromatic rings. The molecule has 10 nitrogen and oxygen atoms in total. The fourth-order valence-corrected chi connectivity index (χ4v) is 3.21. The molecule has 1 aliphatic heterocycles. The minimum absolute atomic E-state index is 0.286. The molecule has 170 valence electrons. The van der Waals surface area contributed by atoms with E-state index < -0.39 is 54.5 Å². The molecule has 1 aliphatic rings. The van der Waals surface area contributed by atoms with Gasteiger partial charge in [-0.25, -0.2) is 0 Å². The molecule has 5 atom stereocenters. The maximum atomic E-state index is 11.9. The summed E-state index contributed by atoms with van der Waals surface area (Å²) >= 11 is 0. The van der Waals surface area contributed by atoms with Gasteiger partial charge in [0.25, 0.3) is 0 Å². The Morgan fingerprint density at radius 2 is 1.61 bits per heavy atom. The van der Waals surface area contributed by atoms with Crippen molar-refractivity contribution in [2.45, 2.75) is 65.3 Å². The SMILES string of the molecule is CC(=O)N[C@@H]1[C@@H](Oc2cccc(C)c2)O[C@@H](COC(C)=O)[C@@H](OC(C)=O)[C@@H]1OC(C)=O. The molecule has 0 spiro atoms. The third-order valence-electron chi connectivity index (χ3n) is 4.31. The van der Waals surface area contributed by atoms with Gasteiger partial charge >= 0.3 is 17.9 Å². The standard InChI is InChI=1S/C21H27NO9/c1-11-7-6-8-16(9-11)30-21-18(22-12(2)23)20(29-15(5)26)19(28-14(4)25)17(31-21)10-27-13(3)24/h6-9,17-21H,10H2,1-5H3,(H,22,23)/t17-,18-,19+,20+,21-/m0/s1. The molecule has 1 aromatic carbocycles. The van der Waals surface area contributed by atoms with E-state index in [1.165, 1.54) is 27.7 Å². The van der Waals surface area contributed by atoms with Crippen LogP contribution >= 0.6 is 0 Å². The molecule has 2 rings (SSSR count). The van der Waals surface area contributed by atoms with Crippen LogP contribution in [-0.2, 0) is 38.1 Å². The lowest BCUT2D eigenvalue weighted by atomic mass is 9.96.